The van der Waals surface area contributed by atoms with Gasteiger partial charge in [0.15, 0.2) is 0 Å². The zero-order valence-corrected chi connectivity index (χ0v) is 15.1. The van der Waals surface area contributed by atoms with Gasteiger partial charge in [-0.3, -0.25) is 4.79 Å². The van der Waals surface area contributed by atoms with E-state index in [9.17, 15) is 4.79 Å². The minimum atomic E-state index is 0.129. The van der Waals surface area contributed by atoms with Crippen LogP contribution in [0, 0.1) is 12.8 Å². The number of carbonyl (C=O) groups is 1. The Morgan fingerprint density at radius 3 is 2.71 bits per heavy atom. The third-order valence-electron chi connectivity index (χ3n) is 4.68. The Labute approximate surface area is 147 Å². The molecule has 1 aliphatic heterocycles. The molecule has 3 rings (SSSR count). The molecule has 0 aliphatic carbocycles. The number of hydrogen-bond acceptors (Lipinski definition) is 5. The first-order valence-electron chi connectivity index (χ1n) is 8.54. The molecule has 1 aliphatic rings. The van der Waals surface area contributed by atoms with E-state index in [4.69, 9.17) is 0 Å². The Morgan fingerprint density at radius 1 is 1.33 bits per heavy atom. The standard InChI is InChI=1S/C18H24N4OS/c1-3-21(18(23)17-14(2)20-13-24-17)12-15-7-10-22(11-8-15)16-6-4-5-9-19-16/h4-6,9,13,15H,3,7-8,10-12H2,1-2H3. The molecular formula is C18H24N4OS. The maximum Gasteiger partial charge on any atom is 0.265 e. The van der Waals surface area contributed by atoms with Crippen molar-refractivity contribution < 1.29 is 4.79 Å². The summed E-state index contributed by atoms with van der Waals surface area (Å²) in [6, 6.07) is 6.04. The van der Waals surface area contributed by atoms with Crippen molar-refractivity contribution in [2.75, 3.05) is 31.1 Å². The second-order valence-corrected chi connectivity index (χ2v) is 7.08. The summed E-state index contributed by atoms with van der Waals surface area (Å²) >= 11 is 1.44. The lowest BCUT2D eigenvalue weighted by Crippen LogP contribution is -2.41. The summed E-state index contributed by atoms with van der Waals surface area (Å²) in [5, 5.41) is 0. The molecule has 128 valence electrons. The van der Waals surface area contributed by atoms with E-state index in [0.29, 0.717) is 5.92 Å². The molecule has 0 unspecified atom stereocenters. The number of thiazole rings is 1. The summed E-state index contributed by atoms with van der Waals surface area (Å²) in [7, 11) is 0. The smallest absolute Gasteiger partial charge is 0.265 e. The number of amides is 1. The quantitative estimate of drug-likeness (QED) is 0.835. The molecule has 1 fully saturated rings. The third kappa shape index (κ3) is 3.75. The van der Waals surface area contributed by atoms with Crippen LogP contribution in [0.3, 0.4) is 0 Å². The fraction of sp³-hybridized carbons (Fsp3) is 0.500. The van der Waals surface area contributed by atoms with Gasteiger partial charge in [0.25, 0.3) is 5.91 Å². The lowest BCUT2D eigenvalue weighted by molar-refractivity contribution is 0.0733. The number of anilines is 1. The second-order valence-electron chi connectivity index (χ2n) is 6.23. The SMILES string of the molecule is CCN(CC1CCN(c2ccccn2)CC1)C(=O)c1scnc1C. The maximum atomic E-state index is 12.7. The van der Waals surface area contributed by atoms with Gasteiger partial charge in [-0.1, -0.05) is 6.07 Å². The highest BCUT2D eigenvalue weighted by molar-refractivity contribution is 7.11. The van der Waals surface area contributed by atoms with Crippen LogP contribution in [0.4, 0.5) is 5.82 Å². The second kappa shape index (κ2) is 7.75. The van der Waals surface area contributed by atoms with Crippen molar-refractivity contribution in [2.24, 2.45) is 5.92 Å². The van der Waals surface area contributed by atoms with Gasteiger partial charge in [0, 0.05) is 32.4 Å². The lowest BCUT2D eigenvalue weighted by atomic mass is 9.96. The van der Waals surface area contributed by atoms with Gasteiger partial charge in [0.2, 0.25) is 0 Å². The van der Waals surface area contributed by atoms with E-state index < -0.39 is 0 Å². The van der Waals surface area contributed by atoms with E-state index in [1.54, 1.807) is 5.51 Å². The number of rotatable bonds is 5. The molecule has 2 aromatic rings. The zero-order chi connectivity index (χ0) is 16.9. The van der Waals surface area contributed by atoms with Crippen molar-refractivity contribution in [2.45, 2.75) is 26.7 Å². The number of pyridine rings is 1. The van der Waals surface area contributed by atoms with Crippen molar-refractivity contribution >= 4 is 23.1 Å². The van der Waals surface area contributed by atoms with Gasteiger partial charge in [-0.2, -0.15) is 0 Å². The predicted octanol–water partition coefficient (Wildman–Crippen LogP) is 3.23. The average molecular weight is 344 g/mol. The largest absolute Gasteiger partial charge is 0.357 e. The van der Waals surface area contributed by atoms with Gasteiger partial charge < -0.3 is 9.80 Å². The normalized spacial score (nSPS) is 15.5. The van der Waals surface area contributed by atoms with E-state index in [0.717, 1.165) is 55.4 Å². The highest BCUT2D eigenvalue weighted by Crippen LogP contribution is 2.23. The molecule has 0 N–H and O–H groups in total. The van der Waals surface area contributed by atoms with Gasteiger partial charge >= 0.3 is 0 Å². The molecule has 1 saturated heterocycles. The molecular weight excluding hydrogens is 320 g/mol. The zero-order valence-electron chi connectivity index (χ0n) is 14.3. The topological polar surface area (TPSA) is 49.3 Å². The van der Waals surface area contributed by atoms with E-state index in [1.165, 1.54) is 11.3 Å². The van der Waals surface area contributed by atoms with Crippen LogP contribution in [-0.4, -0.2) is 47.0 Å². The highest BCUT2D eigenvalue weighted by Gasteiger charge is 2.25. The maximum absolute atomic E-state index is 12.7. The van der Waals surface area contributed by atoms with Crippen LogP contribution in [0.2, 0.25) is 0 Å². The van der Waals surface area contributed by atoms with E-state index in [2.05, 4.69) is 27.9 Å². The Balaban J connectivity index is 1.56. The Hall–Kier alpha value is -1.95. The third-order valence-corrected chi connectivity index (χ3v) is 5.59. The van der Waals surface area contributed by atoms with Gasteiger partial charge in [0.05, 0.1) is 11.2 Å². The Bertz CT molecular complexity index is 665. The van der Waals surface area contributed by atoms with Crippen LogP contribution in [0.25, 0.3) is 0 Å². The summed E-state index contributed by atoms with van der Waals surface area (Å²) in [6.45, 7) is 7.56. The molecule has 6 heteroatoms. The van der Waals surface area contributed by atoms with Crippen molar-refractivity contribution in [3.05, 3.63) is 40.5 Å². The van der Waals surface area contributed by atoms with Crippen molar-refractivity contribution in [3.63, 3.8) is 0 Å². The highest BCUT2D eigenvalue weighted by atomic mass is 32.1. The van der Waals surface area contributed by atoms with Gasteiger partial charge in [-0.05, 0) is 44.7 Å². The van der Waals surface area contributed by atoms with Crippen LogP contribution in [0.15, 0.2) is 29.9 Å². The first kappa shape index (κ1) is 16.9. The van der Waals surface area contributed by atoms with E-state index >= 15 is 0 Å². The lowest BCUT2D eigenvalue weighted by Gasteiger charge is -2.35. The number of piperidine rings is 1. The number of carbonyl (C=O) groups excluding carboxylic acids is 1. The summed E-state index contributed by atoms with van der Waals surface area (Å²) in [6.07, 6.45) is 4.04. The minimum absolute atomic E-state index is 0.129. The Kier molecular flexibility index (Phi) is 5.45. The van der Waals surface area contributed by atoms with Crippen molar-refractivity contribution in [1.82, 2.24) is 14.9 Å². The van der Waals surface area contributed by atoms with E-state index in [1.807, 2.05) is 30.2 Å². The van der Waals surface area contributed by atoms with Gasteiger partial charge in [0.1, 0.15) is 10.7 Å². The molecule has 0 bridgehead atoms. The number of aryl methyl sites for hydroxylation is 1. The van der Waals surface area contributed by atoms with Gasteiger partial charge in [-0.25, -0.2) is 9.97 Å². The first-order chi connectivity index (χ1) is 11.7. The molecule has 5 nitrogen and oxygen atoms in total. The van der Waals surface area contributed by atoms with Crippen LogP contribution in [-0.2, 0) is 0 Å². The van der Waals surface area contributed by atoms with E-state index in [-0.39, 0.29) is 5.91 Å². The van der Waals surface area contributed by atoms with Gasteiger partial charge in [-0.15, -0.1) is 11.3 Å². The molecule has 0 atom stereocenters. The molecule has 2 aromatic heterocycles. The molecule has 3 heterocycles. The fourth-order valence-electron chi connectivity index (χ4n) is 3.20. The number of nitrogens with zero attached hydrogens (tertiary/aromatic N) is 4. The number of aromatic nitrogens is 2. The first-order valence-corrected chi connectivity index (χ1v) is 9.42. The summed E-state index contributed by atoms with van der Waals surface area (Å²) < 4.78 is 0. The summed E-state index contributed by atoms with van der Waals surface area (Å²) in [4.78, 5) is 26.4. The molecule has 1 amide bonds. The molecule has 24 heavy (non-hydrogen) atoms. The fourth-order valence-corrected chi connectivity index (χ4v) is 3.97. The van der Waals surface area contributed by atoms with Crippen LogP contribution in [0.1, 0.15) is 35.1 Å². The van der Waals surface area contributed by atoms with Crippen molar-refractivity contribution in [1.29, 1.82) is 0 Å². The minimum Gasteiger partial charge on any atom is -0.357 e. The Morgan fingerprint density at radius 2 is 2.12 bits per heavy atom. The van der Waals surface area contributed by atoms with Crippen LogP contribution in [0.5, 0.6) is 0 Å². The molecule has 0 saturated carbocycles. The molecule has 0 radical (unpaired) electrons. The van der Waals surface area contributed by atoms with Crippen LogP contribution < -0.4 is 4.90 Å². The van der Waals surface area contributed by atoms with Crippen LogP contribution >= 0.6 is 11.3 Å². The average Bonchev–Trinajstić information content (AvgIpc) is 3.06. The summed E-state index contributed by atoms with van der Waals surface area (Å²) in [5.74, 6) is 1.74. The predicted molar refractivity (Wildman–Crippen MR) is 97.6 cm³/mol. The summed E-state index contributed by atoms with van der Waals surface area (Å²) in [5.41, 5.74) is 2.59. The van der Waals surface area contributed by atoms with Crippen molar-refractivity contribution in [3.8, 4) is 0 Å². The number of hydrogen-bond donors (Lipinski definition) is 0. The molecule has 0 spiro atoms. The molecule has 0 aromatic carbocycles. The monoisotopic (exact) mass is 344 g/mol.